The molecule has 0 amide bonds. The van der Waals surface area contributed by atoms with Crippen LogP contribution in [-0.2, 0) is 0 Å². The Labute approximate surface area is 88.8 Å². The molecule has 1 aliphatic rings. The number of likely N-dealkylation sites (N-methyl/N-ethyl adjacent to an activating group) is 1. The van der Waals surface area contributed by atoms with E-state index in [0.29, 0.717) is 13.1 Å². The number of nitrogens with zero attached hydrogens (tertiary/aromatic N) is 1. The van der Waals surface area contributed by atoms with Crippen LogP contribution in [0.2, 0.25) is 0 Å². The maximum atomic E-state index is 13.0. The Morgan fingerprint density at radius 1 is 1.40 bits per heavy atom. The van der Waals surface area contributed by atoms with Crippen LogP contribution in [0, 0.1) is 0 Å². The second-order valence-corrected chi connectivity index (χ2v) is 4.42. The minimum Gasteiger partial charge on any atom is -0.303 e. The largest absolute Gasteiger partial charge is 0.407 e. The van der Waals surface area contributed by atoms with Crippen molar-refractivity contribution in [1.82, 2.24) is 10.2 Å². The summed E-state index contributed by atoms with van der Waals surface area (Å²) in [6, 6.07) is 0.174. The van der Waals surface area contributed by atoms with E-state index in [-0.39, 0.29) is 19.0 Å². The summed E-state index contributed by atoms with van der Waals surface area (Å²) in [7, 11) is 0. The van der Waals surface area contributed by atoms with Gasteiger partial charge in [-0.1, -0.05) is 6.92 Å². The normalized spacial score (nSPS) is 29.0. The number of halogens is 3. The molecule has 1 rings (SSSR count). The summed E-state index contributed by atoms with van der Waals surface area (Å²) in [6.45, 7) is 6.51. The minimum atomic E-state index is -4.16. The van der Waals surface area contributed by atoms with Gasteiger partial charge in [-0.3, -0.25) is 4.90 Å². The first-order chi connectivity index (χ1) is 6.82. The summed E-state index contributed by atoms with van der Waals surface area (Å²) < 4.78 is 38.9. The van der Waals surface area contributed by atoms with Crippen LogP contribution in [0.15, 0.2) is 0 Å². The van der Waals surface area contributed by atoms with Gasteiger partial charge in [0.2, 0.25) is 0 Å². The first kappa shape index (κ1) is 12.8. The third-order valence-electron chi connectivity index (χ3n) is 3.09. The van der Waals surface area contributed by atoms with Gasteiger partial charge in [0.25, 0.3) is 0 Å². The fourth-order valence-corrected chi connectivity index (χ4v) is 2.09. The molecule has 1 N–H and O–H groups in total. The van der Waals surface area contributed by atoms with E-state index in [9.17, 15) is 13.2 Å². The molecule has 1 saturated heterocycles. The topological polar surface area (TPSA) is 15.3 Å². The zero-order chi connectivity index (χ0) is 11.7. The van der Waals surface area contributed by atoms with Gasteiger partial charge in [0.15, 0.2) is 0 Å². The van der Waals surface area contributed by atoms with Gasteiger partial charge in [-0.25, -0.2) is 0 Å². The van der Waals surface area contributed by atoms with E-state index in [1.165, 1.54) is 0 Å². The monoisotopic (exact) mass is 224 g/mol. The van der Waals surface area contributed by atoms with Gasteiger partial charge in [-0.2, -0.15) is 13.2 Å². The van der Waals surface area contributed by atoms with Crippen molar-refractivity contribution in [1.29, 1.82) is 0 Å². The lowest BCUT2D eigenvalue weighted by Gasteiger charge is -2.33. The Hall–Kier alpha value is -0.290. The number of nitrogens with one attached hydrogen (secondary N) is 1. The molecule has 2 nitrogen and oxygen atoms in total. The Morgan fingerprint density at radius 2 is 2.00 bits per heavy atom. The van der Waals surface area contributed by atoms with Crippen molar-refractivity contribution in [3.05, 3.63) is 0 Å². The lowest BCUT2D eigenvalue weighted by Crippen LogP contribution is -2.58. The standard InChI is InChI=1S/C10H19F3N2/c1-4-14-9(10(11,12)13)5-6-15(7-9)8(2)3/h8,14H,4-7H2,1-3H3. The molecule has 0 aliphatic carbocycles. The summed E-state index contributed by atoms with van der Waals surface area (Å²) in [6.07, 6.45) is -4.00. The molecule has 0 spiro atoms. The highest BCUT2D eigenvalue weighted by Crippen LogP contribution is 2.38. The lowest BCUT2D eigenvalue weighted by molar-refractivity contribution is -0.192. The van der Waals surface area contributed by atoms with Gasteiger partial charge in [0.05, 0.1) is 0 Å². The molecule has 1 unspecified atom stereocenters. The van der Waals surface area contributed by atoms with Crippen molar-refractivity contribution in [2.45, 2.75) is 44.9 Å². The van der Waals surface area contributed by atoms with E-state index in [0.717, 1.165) is 0 Å². The fourth-order valence-electron chi connectivity index (χ4n) is 2.09. The summed E-state index contributed by atoms with van der Waals surface area (Å²) in [5.41, 5.74) is -1.69. The molecule has 0 aromatic rings. The van der Waals surface area contributed by atoms with Gasteiger partial charge in [-0.15, -0.1) is 0 Å². The molecule has 0 radical (unpaired) electrons. The maximum absolute atomic E-state index is 13.0. The zero-order valence-corrected chi connectivity index (χ0v) is 9.49. The molecular formula is C10H19F3N2. The molecule has 1 atom stereocenters. The van der Waals surface area contributed by atoms with Gasteiger partial charge in [0.1, 0.15) is 5.54 Å². The van der Waals surface area contributed by atoms with Crippen molar-refractivity contribution < 1.29 is 13.2 Å². The maximum Gasteiger partial charge on any atom is 0.407 e. The van der Waals surface area contributed by atoms with E-state index >= 15 is 0 Å². The van der Waals surface area contributed by atoms with Crippen molar-refractivity contribution in [3.8, 4) is 0 Å². The van der Waals surface area contributed by atoms with E-state index in [2.05, 4.69) is 5.32 Å². The summed E-state index contributed by atoms with van der Waals surface area (Å²) in [4.78, 5) is 1.87. The fraction of sp³-hybridized carbons (Fsp3) is 1.00. The second-order valence-electron chi connectivity index (χ2n) is 4.42. The third-order valence-corrected chi connectivity index (χ3v) is 3.09. The van der Waals surface area contributed by atoms with E-state index in [1.54, 1.807) is 6.92 Å². The highest BCUT2D eigenvalue weighted by atomic mass is 19.4. The molecule has 1 aliphatic heterocycles. The summed E-state index contributed by atoms with van der Waals surface area (Å²) >= 11 is 0. The van der Waals surface area contributed by atoms with Gasteiger partial charge in [0, 0.05) is 19.1 Å². The number of likely N-dealkylation sites (tertiary alicyclic amines) is 1. The van der Waals surface area contributed by atoms with E-state index < -0.39 is 11.7 Å². The zero-order valence-electron chi connectivity index (χ0n) is 9.49. The Balaban J connectivity index is 2.78. The average molecular weight is 224 g/mol. The number of alkyl halides is 3. The molecule has 0 bridgehead atoms. The second kappa shape index (κ2) is 4.29. The Kier molecular flexibility index (Phi) is 3.66. The first-order valence-electron chi connectivity index (χ1n) is 5.38. The average Bonchev–Trinajstić information content (AvgIpc) is 2.49. The molecule has 1 fully saturated rings. The summed E-state index contributed by atoms with van der Waals surface area (Å²) in [5, 5.41) is 2.62. The van der Waals surface area contributed by atoms with Crippen LogP contribution in [0.1, 0.15) is 27.2 Å². The molecule has 1 heterocycles. The van der Waals surface area contributed by atoms with Crippen LogP contribution >= 0.6 is 0 Å². The Morgan fingerprint density at radius 3 is 2.33 bits per heavy atom. The highest BCUT2D eigenvalue weighted by Gasteiger charge is 2.57. The van der Waals surface area contributed by atoms with Crippen LogP contribution in [-0.4, -0.2) is 42.3 Å². The quantitative estimate of drug-likeness (QED) is 0.789. The van der Waals surface area contributed by atoms with Crippen LogP contribution in [0.25, 0.3) is 0 Å². The number of hydrogen-bond donors (Lipinski definition) is 1. The molecule has 0 saturated carbocycles. The smallest absolute Gasteiger partial charge is 0.303 e. The lowest BCUT2D eigenvalue weighted by atomic mass is 9.98. The molecule has 5 heteroatoms. The van der Waals surface area contributed by atoms with Gasteiger partial charge in [-0.05, 0) is 26.8 Å². The van der Waals surface area contributed by atoms with Crippen LogP contribution < -0.4 is 5.32 Å². The first-order valence-corrected chi connectivity index (χ1v) is 5.38. The van der Waals surface area contributed by atoms with E-state index in [4.69, 9.17) is 0 Å². The minimum absolute atomic E-state index is 0.0714. The molecule has 0 aromatic carbocycles. The van der Waals surface area contributed by atoms with E-state index in [1.807, 2.05) is 18.7 Å². The number of hydrogen-bond acceptors (Lipinski definition) is 2. The predicted molar refractivity (Wildman–Crippen MR) is 53.8 cm³/mol. The van der Waals surface area contributed by atoms with Crippen molar-refractivity contribution in [3.63, 3.8) is 0 Å². The molecule has 15 heavy (non-hydrogen) atoms. The van der Waals surface area contributed by atoms with Crippen LogP contribution in [0.5, 0.6) is 0 Å². The van der Waals surface area contributed by atoms with Crippen molar-refractivity contribution >= 4 is 0 Å². The van der Waals surface area contributed by atoms with Gasteiger partial charge < -0.3 is 5.32 Å². The molecule has 0 aromatic heterocycles. The van der Waals surface area contributed by atoms with Gasteiger partial charge >= 0.3 is 6.18 Å². The van der Waals surface area contributed by atoms with Crippen LogP contribution in [0.3, 0.4) is 0 Å². The number of rotatable bonds is 3. The van der Waals surface area contributed by atoms with Crippen molar-refractivity contribution in [2.75, 3.05) is 19.6 Å². The predicted octanol–water partition coefficient (Wildman–Crippen LogP) is 2.01. The SMILES string of the molecule is CCNC1(C(F)(F)F)CCN(C(C)C)C1. The highest BCUT2D eigenvalue weighted by molar-refractivity contribution is 5.03. The summed E-state index contributed by atoms with van der Waals surface area (Å²) in [5.74, 6) is 0. The third kappa shape index (κ3) is 2.45. The Bertz CT molecular complexity index is 215. The van der Waals surface area contributed by atoms with Crippen molar-refractivity contribution in [2.24, 2.45) is 0 Å². The van der Waals surface area contributed by atoms with Crippen LogP contribution in [0.4, 0.5) is 13.2 Å². The molecular weight excluding hydrogens is 205 g/mol. The molecule has 90 valence electrons.